The molecule has 0 saturated heterocycles. The molecule has 0 spiro atoms. The van der Waals surface area contributed by atoms with E-state index in [4.69, 9.17) is 10.5 Å². The molecule has 0 aliphatic rings. The molecule has 38 heavy (non-hydrogen) atoms. The number of benzene rings is 2. The molecule has 3 N–H and O–H groups in total. The number of ether oxygens (including phenoxy) is 1. The van der Waals surface area contributed by atoms with E-state index in [-0.39, 0.29) is 30.9 Å². The molecular weight excluding hydrogens is 500 g/mol. The number of aryl methyl sites for hydroxylation is 1. The van der Waals surface area contributed by atoms with Gasteiger partial charge in [0.2, 0.25) is 11.8 Å². The zero-order valence-electron chi connectivity index (χ0n) is 22.1. The van der Waals surface area contributed by atoms with Gasteiger partial charge in [0, 0.05) is 38.1 Å². The van der Waals surface area contributed by atoms with E-state index in [1.807, 2.05) is 53.9 Å². The Labute approximate surface area is 228 Å². The lowest BCUT2D eigenvalue weighted by Gasteiger charge is -2.34. The third-order valence-electron chi connectivity index (χ3n) is 6.48. The summed E-state index contributed by atoms with van der Waals surface area (Å²) in [4.78, 5) is 44.1. The number of thiophene rings is 1. The Morgan fingerprint density at radius 3 is 2.34 bits per heavy atom. The van der Waals surface area contributed by atoms with Crippen molar-refractivity contribution in [1.82, 2.24) is 15.1 Å². The van der Waals surface area contributed by atoms with Gasteiger partial charge in [0.05, 0.1) is 13.2 Å². The molecule has 0 unspecified atom stereocenters. The fourth-order valence-electron chi connectivity index (χ4n) is 4.18. The highest BCUT2D eigenvalue weighted by Crippen LogP contribution is 2.18. The third kappa shape index (κ3) is 7.74. The first-order valence-electron chi connectivity index (χ1n) is 12.5. The predicted octanol–water partition coefficient (Wildman–Crippen LogP) is 3.07. The number of carbonyl (C=O) groups excluding carboxylic acids is 3. The Kier molecular flexibility index (Phi) is 11.0. The average Bonchev–Trinajstić information content (AvgIpc) is 3.48. The van der Waals surface area contributed by atoms with Gasteiger partial charge in [-0.15, -0.1) is 11.3 Å². The topological polar surface area (TPSA) is 105 Å². The summed E-state index contributed by atoms with van der Waals surface area (Å²) < 4.78 is 5.93. The summed E-state index contributed by atoms with van der Waals surface area (Å²) >= 11 is 1.61. The number of amides is 3. The molecule has 1 heterocycles. The van der Waals surface area contributed by atoms with E-state index in [0.29, 0.717) is 24.9 Å². The van der Waals surface area contributed by atoms with Gasteiger partial charge < -0.3 is 25.6 Å². The lowest BCUT2D eigenvalue weighted by molar-refractivity contribution is -0.144. The van der Waals surface area contributed by atoms with Crippen LogP contribution >= 0.6 is 11.3 Å². The summed E-state index contributed by atoms with van der Waals surface area (Å²) in [7, 11) is 4.74. The molecule has 2 aromatic carbocycles. The number of carbonyl (C=O) groups is 3. The number of nitrogens with two attached hydrogens (primary N) is 1. The van der Waals surface area contributed by atoms with Crippen LogP contribution in [0.2, 0.25) is 0 Å². The monoisotopic (exact) mass is 536 g/mol. The normalized spacial score (nSPS) is 12.4. The van der Waals surface area contributed by atoms with Gasteiger partial charge in [-0.3, -0.25) is 14.4 Å². The SMILES string of the molecule is CNC(=O)[C@@H](CCc1cccs1)N(C)C(=O)[C@@H](COCc1ccccc1)N(C)C(=O)c1cccc(CN)c1. The van der Waals surface area contributed by atoms with Crippen LogP contribution in [0, 0.1) is 0 Å². The van der Waals surface area contributed by atoms with Gasteiger partial charge in [-0.05, 0) is 47.5 Å². The smallest absolute Gasteiger partial charge is 0.254 e. The second kappa shape index (κ2) is 14.4. The van der Waals surface area contributed by atoms with Crippen molar-refractivity contribution in [2.45, 2.75) is 38.1 Å². The number of nitrogens with zero attached hydrogens (tertiary/aromatic N) is 2. The molecule has 3 aromatic rings. The van der Waals surface area contributed by atoms with Crippen molar-refractivity contribution in [2.75, 3.05) is 27.7 Å². The Balaban J connectivity index is 1.82. The number of rotatable bonds is 13. The largest absolute Gasteiger partial charge is 0.374 e. The van der Waals surface area contributed by atoms with Gasteiger partial charge in [-0.2, -0.15) is 0 Å². The van der Waals surface area contributed by atoms with E-state index in [1.54, 1.807) is 50.7 Å². The van der Waals surface area contributed by atoms with Gasteiger partial charge in [-0.1, -0.05) is 48.5 Å². The molecule has 1 aromatic heterocycles. The third-order valence-corrected chi connectivity index (χ3v) is 7.41. The van der Waals surface area contributed by atoms with Crippen LogP contribution in [0.5, 0.6) is 0 Å². The van der Waals surface area contributed by atoms with Crippen LogP contribution < -0.4 is 11.1 Å². The minimum absolute atomic E-state index is 0.0255. The van der Waals surface area contributed by atoms with Crippen LogP contribution in [-0.4, -0.2) is 67.4 Å². The van der Waals surface area contributed by atoms with Crippen LogP contribution in [-0.2, 0) is 33.9 Å². The fourth-order valence-corrected chi connectivity index (χ4v) is 4.90. The van der Waals surface area contributed by atoms with Crippen molar-refractivity contribution in [3.63, 3.8) is 0 Å². The van der Waals surface area contributed by atoms with Crippen LogP contribution in [0.3, 0.4) is 0 Å². The molecule has 8 nitrogen and oxygen atoms in total. The van der Waals surface area contributed by atoms with Crippen molar-refractivity contribution in [2.24, 2.45) is 5.73 Å². The number of hydrogen-bond donors (Lipinski definition) is 2. The molecule has 3 amide bonds. The molecule has 0 saturated carbocycles. The maximum atomic E-state index is 13.9. The first kappa shape index (κ1) is 29.0. The average molecular weight is 537 g/mol. The highest BCUT2D eigenvalue weighted by molar-refractivity contribution is 7.09. The van der Waals surface area contributed by atoms with Crippen molar-refractivity contribution in [3.8, 4) is 0 Å². The molecule has 2 atom stereocenters. The minimum atomic E-state index is -0.938. The molecule has 202 valence electrons. The predicted molar refractivity (Wildman–Crippen MR) is 150 cm³/mol. The van der Waals surface area contributed by atoms with Crippen molar-refractivity contribution >= 4 is 29.1 Å². The number of nitrogens with one attached hydrogen (secondary N) is 1. The summed E-state index contributed by atoms with van der Waals surface area (Å²) in [5.74, 6) is -0.958. The maximum Gasteiger partial charge on any atom is 0.254 e. The van der Waals surface area contributed by atoms with Crippen molar-refractivity contribution < 1.29 is 19.1 Å². The first-order valence-corrected chi connectivity index (χ1v) is 13.4. The van der Waals surface area contributed by atoms with E-state index in [0.717, 1.165) is 16.0 Å². The van der Waals surface area contributed by atoms with Gasteiger partial charge in [0.1, 0.15) is 12.1 Å². The Morgan fingerprint density at radius 2 is 1.68 bits per heavy atom. The summed E-state index contributed by atoms with van der Waals surface area (Å²) in [5, 5.41) is 4.66. The standard InChI is InChI=1S/C29H36N4O4S/c1-31-27(34)25(15-14-24-13-8-16-38-24)32(2)29(36)26(20-37-19-21-9-5-4-6-10-21)33(3)28(35)23-12-7-11-22(17-23)18-30/h4-13,16-17,25-26H,14-15,18-20,30H2,1-3H3,(H,31,34)/t25-,26-/m1/s1. The van der Waals surface area contributed by atoms with Gasteiger partial charge in [0.25, 0.3) is 5.91 Å². The summed E-state index contributed by atoms with van der Waals surface area (Å²) in [6.07, 6.45) is 1.11. The van der Waals surface area contributed by atoms with E-state index in [9.17, 15) is 14.4 Å². The highest BCUT2D eigenvalue weighted by atomic mass is 32.1. The molecule has 0 aliphatic heterocycles. The summed E-state index contributed by atoms with van der Waals surface area (Å²) in [6, 6.07) is 19.0. The second-order valence-corrected chi connectivity index (χ2v) is 10.1. The molecule has 0 fully saturated rings. The van der Waals surface area contributed by atoms with E-state index in [2.05, 4.69) is 5.32 Å². The number of likely N-dealkylation sites (N-methyl/N-ethyl adjacent to an activating group) is 3. The van der Waals surface area contributed by atoms with Gasteiger partial charge in [0.15, 0.2) is 0 Å². The van der Waals surface area contributed by atoms with Crippen LogP contribution in [0.15, 0.2) is 72.1 Å². The molecule has 0 aliphatic carbocycles. The second-order valence-electron chi connectivity index (χ2n) is 9.03. The van der Waals surface area contributed by atoms with E-state index in [1.165, 1.54) is 9.80 Å². The molecule has 0 bridgehead atoms. The summed E-state index contributed by atoms with van der Waals surface area (Å²) in [5.41, 5.74) is 7.96. The van der Waals surface area contributed by atoms with Crippen LogP contribution in [0.25, 0.3) is 0 Å². The zero-order chi connectivity index (χ0) is 27.5. The van der Waals surface area contributed by atoms with E-state index >= 15 is 0 Å². The summed E-state index contributed by atoms with van der Waals surface area (Å²) in [6.45, 7) is 0.562. The Morgan fingerprint density at radius 1 is 0.947 bits per heavy atom. The van der Waals surface area contributed by atoms with E-state index < -0.39 is 12.1 Å². The van der Waals surface area contributed by atoms with Crippen LogP contribution in [0.4, 0.5) is 0 Å². The van der Waals surface area contributed by atoms with Crippen LogP contribution in [0.1, 0.15) is 32.8 Å². The fraction of sp³-hybridized carbons (Fsp3) is 0.345. The highest BCUT2D eigenvalue weighted by Gasteiger charge is 2.35. The molecule has 3 rings (SSSR count). The quantitative estimate of drug-likeness (QED) is 0.349. The minimum Gasteiger partial charge on any atom is -0.374 e. The maximum absolute atomic E-state index is 13.9. The molecule has 9 heteroatoms. The zero-order valence-corrected chi connectivity index (χ0v) is 22.9. The number of hydrogen-bond acceptors (Lipinski definition) is 6. The molecule has 0 radical (unpaired) electrons. The first-order chi connectivity index (χ1) is 18.3. The van der Waals surface area contributed by atoms with Crippen molar-refractivity contribution in [3.05, 3.63) is 93.7 Å². The molecular formula is C29H36N4O4S. The Hall–Kier alpha value is -3.53. The van der Waals surface area contributed by atoms with Gasteiger partial charge in [-0.25, -0.2) is 0 Å². The van der Waals surface area contributed by atoms with Crippen molar-refractivity contribution in [1.29, 1.82) is 0 Å². The Bertz CT molecular complexity index is 1190. The lowest BCUT2D eigenvalue weighted by atomic mass is 10.1. The lowest BCUT2D eigenvalue weighted by Crippen LogP contribution is -2.56. The van der Waals surface area contributed by atoms with Gasteiger partial charge >= 0.3 is 0 Å².